The molecule has 3 heterocycles. The molecular weight excluding hydrogens is 494 g/mol. The topological polar surface area (TPSA) is 122 Å². The highest BCUT2D eigenvalue weighted by atomic mass is 16.5. The van der Waals surface area contributed by atoms with Crippen LogP contribution in [0.1, 0.15) is 41.8 Å². The standard InChI is InChI=1S/C29H33N7O3/c1-5-7-21-13-14-32-25(18-21)33-29(38)23-11-9-22(10-12-23)28-34-27(24-19-31-15-16-36(24,28)30)20(2)35(3)26(37)8-6-17-39-4/h6,8-16,18-20H,5,7,17,30H2,1-4H3/p+1/b8-6+. The number of pyridine rings is 1. The van der Waals surface area contributed by atoms with E-state index in [0.29, 0.717) is 35.2 Å². The molecule has 2 atom stereocenters. The number of rotatable bonds is 10. The third-order valence-corrected chi connectivity index (χ3v) is 6.68. The number of aryl methyl sites for hydroxylation is 1. The zero-order valence-corrected chi connectivity index (χ0v) is 22.7. The third kappa shape index (κ3) is 5.93. The number of nitrogens with two attached hydrogens (primary N) is 1. The summed E-state index contributed by atoms with van der Waals surface area (Å²) in [6.45, 7) is 4.35. The van der Waals surface area contributed by atoms with Crippen LogP contribution in [0, 0.1) is 0 Å². The molecule has 3 N–H and O–H groups in total. The largest absolute Gasteiger partial charge is 0.381 e. The van der Waals surface area contributed by atoms with Crippen molar-refractivity contribution in [3.8, 4) is 0 Å². The third-order valence-electron chi connectivity index (χ3n) is 6.68. The molecule has 0 radical (unpaired) electrons. The Hall–Kier alpha value is -4.25. The number of carbonyl (C=O) groups excluding carboxylic acids is 2. The summed E-state index contributed by atoms with van der Waals surface area (Å²) in [5, 5.41) is 2.87. The Bertz CT molecular complexity index is 1390. The van der Waals surface area contributed by atoms with E-state index >= 15 is 0 Å². The molecule has 2 unspecified atom stereocenters. The molecular formula is C29H34N7O3+. The maximum atomic E-state index is 12.9. The molecule has 0 spiro atoms. The summed E-state index contributed by atoms with van der Waals surface area (Å²) in [6.07, 6.45) is 11.8. The van der Waals surface area contributed by atoms with Crippen LogP contribution in [-0.2, 0) is 16.0 Å². The lowest BCUT2D eigenvalue weighted by Gasteiger charge is -2.27. The Morgan fingerprint density at radius 3 is 2.72 bits per heavy atom. The number of hydrogen-bond acceptors (Lipinski definition) is 7. The number of hydrogen-bond donors (Lipinski definition) is 2. The summed E-state index contributed by atoms with van der Waals surface area (Å²) in [4.78, 5) is 40.6. The van der Waals surface area contributed by atoms with E-state index in [1.807, 2.05) is 31.2 Å². The van der Waals surface area contributed by atoms with E-state index < -0.39 is 0 Å². The number of amidine groups is 1. The van der Waals surface area contributed by atoms with Crippen LogP contribution in [0.5, 0.6) is 0 Å². The zero-order valence-electron chi connectivity index (χ0n) is 22.7. The number of benzene rings is 1. The number of amides is 2. The molecule has 2 aliphatic rings. The number of methoxy groups -OCH3 is 1. The van der Waals surface area contributed by atoms with Crippen LogP contribution in [0.3, 0.4) is 0 Å². The summed E-state index contributed by atoms with van der Waals surface area (Å²) in [7, 11) is 3.28. The maximum Gasteiger partial charge on any atom is 0.264 e. The molecule has 39 heavy (non-hydrogen) atoms. The van der Waals surface area contributed by atoms with Gasteiger partial charge in [-0.25, -0.2) is 4.98 Å². The van der Waals surface area contributed by atoms with Gasteiger partial charge < -0.3 is 15.0 Å². The summed E-state index contributed by atoms with van der Waals surface area (Å²) < 4.78 is 4.79. The average molecular weight is 529 g/mol. The number of carbonyl (C=O) groups is 2. The van der Waals surface area contributed by atoms with Gasteiger partial charge in [0.05, 0.1) is 30.6 Å². The smallest absolute Gasteiger partial charge is 0.264 e. The fourth-order valence-corrected chi connectivity index (χ4v) is 4.40. The summed E-state index contributed by atoms with van der Waals surface area (Å²) in [5.41, 5.74) is 3.65. The van der Waals surface area contributed by atoms with Crippen molar-refractivity contribution in [1.82, 2.24) is 9.88 Å². The van der Waals surface area contributed by atoms with Crippen LogP contribution in [0.4, 0.5) is 5.82 Å². The number of fused-ring (bicyclic) bond motifs is 1. The van der Waals surface area contributed by atoms with Crippen molar-refractivity contribution in [3.63, 3.8) is 0 Å². The number of nitrogens with one attached hydrogen (secondary N) is 1. The van der Waals surface area contributed by atoms with Gasteiger partial charge in [0.15, 0.2) is 0 Å². The number of likely N-dealkylation sites (N-methyl/N-ethyl adjacent to an activating group) is 1. The number of allylic oxidation sites excluding steroid dienone is 1. The molecule has 0 saturated carbocycles. The van der Waals surface area contributed by atoms with Crippen LogP contribution < -0.4 is 11.2 Å². The van der Waals surface area contributed by atoms with Gasteiger partial charge in [-0.1, -0.05) is 19.4 Å². The van der Waals surface area contributed by atoms with Crippen molar-refractivity contribution >= 4 is 29.7 Å². The van der Waals surface area contributed by atoms with Crippen LogP contribution in [0.2, 0.25) is 0 Å². The highest BCUT2D eigenvalue weighted by molar-refractivity contribution is 6.05. The normalized spacial score (nSPS) is 18.7. The first kappa shape index (κ1) is 27.8. The van der Waals surface area contributed by atoms with Crippen LogP contribution in [-0.4, -0.2) is 65.1 Å². The van der Waals surface area contributed by atoms with E-state index in [4.69, 9.17) is 15.6 Å². The second kappa shape index (κ2) is 12.1. The number of quaternary nitrogens is 1. The Morgan fingerprint density at radius 2 is 2.00 bits per heavy atom. The van der Waals surface area contributed by atoms with E-state index in [1.54, 1.807) is 62.1 Å². The Morgan fingerprint density at radius 1 is 1.23 bits per heavy atom. The van der Waals surface area contributed by atoms with Gasteiger partial charge in [-0.2, -0.15) is 10.8 Å². The quantitative estimate of drug-likeness (QED) is 0.277. The van der Waals surface area contributed by atoms with E-state index in [9.17, 15) is 9.59 Å². The monoisotopic (exact) mass is 528 g/mol. The van der Waals surface area contributed by atoms with E-state index in [2.05, 4.69) is 22.2 Å². The first-order valence-electron chi connectivity index (χ1n) is 12.8. The lowest BCUT2D eigenvalue weighted by atomic mass is 10.1. The molecule has 10 nitrogen and oxygen atoms in total. The number of aliphatic imine (C=N–C) groups is 2. The second-order valence-corrected chi connectivity index (χ2v) is 9.37. The molecule has 2 amide bonds. The summed E-state index contributed by atoms with van der Waals surface area (Å²) >= 11 is 0. The molecule has 4 rings (SSSR count). The molecule has 0 aliphatic carbocycles. The predicted octanol–water partition coefficient (Wildman–Crippen LogP) is 3.55. The van der Waals surface area contributed by atoms with Crippen LogP contribution in [0.25, 0.3) is 0 Å². The SMILES string of the molecule is CCCc1ccnc(NC(=O)c2ccc(C3=NC(C(C)N(C)C(=O)/C=C/COC)=C4C=NC=C[N+]34N)cc2)c1. The van der Waals surface area contributed by atoms with Gasteiger partial charge in [0.1, 0.15) is 17.7 Å². The maximum absolute atomic E-state index is 12.9. The fraction of sp³-hybridized carbons (Fsp3) is 0.276. The van der Waals surface area contributed by atoms with Crippen molar-refractivity contribution in [3.05, 3.63) is 95.2 Å². The van der Waals surface area contributed by atoms with Gasteiger partial charge in [0.25, 0.3) is 11.7 Å². The zero-order chi connectivity index (χ0) is 28.0. The van der Waals surface area contributed by atoms with Crippen molar-refractivity contribution in [1.29, 1.82) is 0 Å². The van der Waals surface area contributed by atoms with Crippen molar-refractivity contribution in [2.75, 3.05) is 26.1 Å². The fourth-order valence-electron chi connectivity index (χ4n) is 4.40. The summed E-state index contributed by atoms with van der Waals surface area (Å²) in [5.74, 6) is 7.47. The predicted molar refractivity (Wildman–Crippen MR) is 152 cm³/mol. The first-order valence-corrected chi connectivity index (χ1v) is 12.8. The molecule has 2 aromatic rings. The lowest BCUT2D eigenvalue weighted by molar-refractivity contribution is -0.750. The second-order valence-electron chi connectivity index (χ2n) is 9.37. The number of aromatic nitrogens is 1. The average Bonchev–Trinajstić information content (AvgIpc) is 3.25. The molecule has 0 saturated heterocycles. The van der Waals surface area contributed by atoms with Crippen LogP contribution in [0.15, 0.2) is 88.5 Å². The minimum Gasteiger partial charge on any atom is -0.381 e. The molecule has 1 aromatic carbocycles. The highest BCUT2D eigenvalue weighted by Gasteiger charge is 2.46. The number of ether oxygens (including phenoxy) is 1. The van der Waals surface area contributed by atoms with Gasteiger partial charge in [0, 0.05) is 32.0 Å². The molecule has 2 aliphatic heterocycles. The van der Waals surface area contributed by atoms with E-state index in [-0.39, 0.29) is 22.4 Å². The number of anilines is 1. The molecule has 202 valence electrons. The Kier molecular flexibility index (Phi) is 8.60. The minimum atomic E-state index is -0.378. The van der Waals surface area contributed by atoms with Gasteiger partial charge in [0.2, 0.25) is 11.6 Å². The Balaban J connectivity index is 1.56. The molecule has 0 fully saturated rings. The molecule has 1 aromatic heterocycles. The van der Waals surface area contributed by atoms with Gasteiger partial charge in [-0.15, -0.1) is 4.59 Å². The van der Waals surface area contributed by atoms with Crippen LogP contribution >= 0.6 is 0 Å². The number of nitrogens with zero attached hydrogens (tertiary/aromatic N) is 5. The molecule has 10 heteroatoms. The van der Waals surface area contributed by atoms with Gasteiger partial charge >= 0.3 is 0 Å². The van der Waals surface area contributed by atoms with Gasteiger partial charge in [-0.3, -0.25) is 14.6 Å². The Labute approximate surface area is 228 Å². The van der Waals surface area contributed by atoms with Crippen molar-refractivity contribution in [2.24, 2.45) is 15.8 Å². The lowest BCUT2D eigenvalue weighted by Crippen LogP contribution is -2.53. The van der Waals surface area contributed by atoms with Crippen molar-refractivity contribution in [2.45, 2.75) is 32.7 Å². The van der Waals surface area contributed by atoms with Gasteiger partial charge in [-0.05, 0) is 55.3 Å². The van der Waals surface area contributed by atoms with Crippen molar-refractivity contribution < 1.29 is 18.9 Å². The molecule has 0 bridgehead atoms. The summed E-state index contributed by atoms with van der Waals surface area (Å²) in [6, 6.07) is 10.6. The minimum absolute atomic E-state index is 0.181. The highest BCUT2D eigenvalue weighted by Crippen LogP contribution is 2.33. The van der Waals surface area contributed by atoms with E-state index in [0.717, 1.165) is 24.0 Å². The first-order chi connectivity index (χ1) is 18.8. The van der Waals surface area contributed by atoms with E-state index in [1.165, 1.54) is 6.08 Å².